The molecule has 8 heteroatoms. The number of hydrogen-bond acceptors (Lipinski definition) is 5. The number of pyridine rings is 2. The molecule has 0 aliphatic carbocycles. The smallest absolute Gasteiger partial charge is 0.257 e. The van der Waals surface area contributed by atoms with E-state index in [0.29, 0.717) is 0 Å². The third-order valence-corrected chi connectivity index (χ3v) is 7.28. The van der Waals surface area contributed by atoms with Gasteiger partial charge in [0.05, 0.1) is 5.69 Å². The van der Waals surface area contributed by atoms with Crippen molar-refractivity contribution >= 4 is 22.6 Å². The molecule has 37 heavy (non-hydrogen) atoms. The van der Waals surface area contributed by atoms with Crippen LogP contribution in [0, 0.1) is 0 Å². The van der Waals surface area contributed by atoms with Crippen LogP contribution in [0.4, 0.5) is 5.69 Å². The summed E-state index contributed by atoms with van der Waals surface area (Å²) in [6, 6.07) is 13.9. The maximum atomic E-state index is 12.8. The van der Waals surface area contributed by atoms with E-state index in [1.165, 1.54) is 12.1 Å². The Morgan fingerprint density at radius 1 is 1.14 bits per heavy atom. The Balaban J connectivity index is 1.27. The molecular weight excluding hydrogens is 464 g/mol. The number of carbonyl (C=O) groups is 1. The molecule has 5 rings (SSSR count). The molecule has 0 unspecified atom stereocenters. The van der Waals surface area contributed by atoms with Crippen molar-refractivity contribution in [3.8, 4) is 5.69 Å². The van der Waals surface area contributed by atoms with Gasteiger partial charge in [0.1, 0.15) is 5.65 Å². The van der Waals surface area contributed by atoms with Crippen molar-refractivity contribution in [2.45, 2.75) is 25.3 Å². The van der Waals surface area contributed by atoms with Gasteiger partial charge in [-0.1, -0.05) is 12.1 Å². The van der Waals surface area contributed by atoms with Crippen molar-refractivity contribution in [2.24, 2.45) is 7.05 Å². The molecule has 0 atom stereocenters. The van der Waals surface area contributed by atoms with E-state index in [0.717, 1.165) is 66.1 Å². The summed E-state index contributed by atoms with van der Waals surface area (Å²) in [4.78, 5) is 32.5. The zero-order chi connectivity index (χ0) is 31.1. The highest BCUT2D eigenvalue weighted by atomic mass is 16.2. The molecule has 8 nitrogen and oxygen atoms in total. The summed E-state index contributed by atoms with van der Waals surface area (Å²) in [6.07, 6.45) is 5.27. The Morgan fingerprint density at radius 3 is 2.57 bits per heavy atom. The number of likely N-dealkylation sites (tertiary alicyclic amines) is 1. The van der Waals surface area contributed by atoms with Gasteiger partial charge in [0, 0.05) is 83.6 Å². The van der Waals surface area contributed by atoms with Gasteiger partial charge in [0.15, 0.2) is 0 Å². The number of piperidine rings is 1. The summed E-state index contributed by atoms with van der Waals surface area (Å²) < 4.78 is 48.7. The molecule has 1 saturated heterocycles. The van der Waals surface area contributed by atoms with Crippen LogP contribution in [0.5, 0.6) is 0 Å². The number of amides is 1. The molecule has 1 aromatic carbocycles. The number of fused-ring (bicyclic) bond motifs is 1. The lowest BCUT2D eigenvalue weighted by molar-refractivity contribution is 0.0827. The first-order chi connectivity index (χ1) is 20.3. The fraction of sp³-hybridized carbons (Fsp3) is 0.345. The second-order valence-electron chi connectivity index (χ2n) is 9.45. The van der Waals surface area contributed by atoms with Gasteiger partial charge in [-0.05, 0) is 67.7 Å². The first kappa shape index (κ1) is 18.4. The third kappa shape index (κ3) is 4.89. The van der Waals surface area contributed by atoms with Crippen LogP contribution in [0.1, 0.15) is 48.6 Å². The number of aryl methyl sites for hydroxylation is 1. The number of rotatable bonds is 6. The third-order valence-electron chi connectivity index (χ3n) is 7.28. The van der Waals surface area contributed by atoms with Crippen molar-refractivity contribution in [3.05, 3.63) is 88.1 Å². The van der Waals surface area contributed by atoms with Gasteiger partial charge in [-0.2, -0.15) is 0 Å². The van der Waals surface area contributed by atoms with Gasteiger partial charge >= 0.3 is 0 Å². The van der Waals surface area contributed by atoms with Crippen LogP contribution in [0.15, 0.2) is 65.7 Å². The molecule has 1 amide bonds. The number of anilines is 1. The molecular formula is C29H34N6O2. The minimum absolute atomic E-state index is 0.0171. The molecule has 192 valence electrons. The monoisotopic (exact) mass is 504 g/mol. The number of hydrogen-bond donors (Lipinski definition) is 1. The Hall–Kier alpha value is -3.91. The summed E-state index contributed by atoms with van der Waals surface area (Å²) in [5.74, 6) is -0.788. The lowest BCUT2D eigenvalue weighted by atomic mass is 9.89. The molecule has 4 heterocycles. The van der Waals surface area contributed by atoms with E-state index in [4.69, 9.17) is 8.22 Å². The van der Waals surface area contributed by atoms with Crippen LogP contribution in [-0.2, 0) is 13.6 Å². The van der Waals surface area contributed by atoms with Crippen LogP contribution in [0.3, 0.4) is 0 Å². The van der Waals surface area contributed by atoms with Gasteiger partial charge in [-0.3, -0.25) is 19.1 Å². The van der Waals surface area contributed by atoms with E-state index in [2.05, 4.69) is 25.8 Å². The lowest BCUT2D eigenvalue weighted by Crippen LogP contribution is -2.33. The van der Waals surface area contributed by atoms with E-state index in [9.17, 15) is 9.59 Å². The van der Waals surface area contributed by atoms with Crippen molar-refractivity contribution in [3.63, 3.8) is 0 Å². The Morgan fingerprint density at radius 2 is 1.89 bits per heavy atom. The quantitative estimate of drug-likeness (QED) is 0.432. The van der Waals surface area contributed by atoms with E-state index in [1.807, 2.05) is 19.2 Å². The molecule has 0 saturated carbocycles. The van der Waals surface area contributed by atoms with Crippen LogP contribution >= 0.6 is 0 Å². The molecule has 3 aromatic heterocycles. The van der Waals surface area contributed by atoms with Crippen LogP contribution < -0.4 is 10.9 Å². The fourth-order valence-corrected chi connectivity index (χ4v) is 5.13. The Labute approximate surface area is 225 Å². The Kier molecular flexibility index (Phi) is 5.07. The summed E-state index contributed by atoms with van der Waals surface area (Å²) >= 11 is 0. The molecule has 0 bridgehead atoms. The second kappa shape index (κ2) is 10.2. The Bertz CT molecular complexity index is 1670. The minimum atomic E-state index is -3.08. The molecule has 1 N–H and O–H groups in total. The first-order valence-electron chi connectivity index (χ1n) is 15.3. The van der Waals surface area contributed by atoms with E-state index in [-0.39, 0.29) is 21.9 Å². The summed E-state index contributed by atoms with van der Waals surface area (Å²) in [6.45, 7) is -3.73. The lowest BCUT2D eigenvalue weighted by Gasteiger charge is -2.32. The minimum Gasteiger partial charge on any atom is -0.388 e. The summed E-state index contributed by atoms with van der Waals surface area (Å²) in [7, 11) is 3.76. The van der Waals surface area contributed by atoms with Crippen LogP contribution in [-0.4, -0.2) is 63.9 Å². The molecule has 0 spiro atoms. The largest absolute Gasteiger partial charge is 0.388 e. The second-order valence-corrected chi connectivity index (χ2v) is 9.45. The van der Waals surface area contributed by atoms with Gasteiger partial charge in [0.2, 0.25) is 0 Å². The zero-order valence-electron chi connectivity index (χ0n) is 26.9. The van der Waals surface area contributed by atoms with Crippen molar-refractivity contribution in [1.82, 2.24) is 23.9 Å². The van der Waals surface area contributed by atoms with E-state index in [1.54, 1.807) is 42.2 Å². The van der Waals surface area contributed by atoms with Gasteiger partial charge < -0.3 is 14.8 Å². The summed E-state index contributed by atoms with van der Waals surface area (Å²) in [5.41, 5.74) is 4.34. The molecule has 1 aliphatic rings. The molecule has 1 fully saturated rings. The average Bonchev–Trinajstić information content (AvgIpc) is 3.27. The van der Waals surface area contributed by atoms with Gasteiger partial charge in [-0.25, -0.2) is 4.98 Å². The number of nitrogens with zero attached hydrogens (tertiary/aromatic N) is 5. The highest BCUT2D eigenvalue weighted by Gasteiger charge is 2.22. The molecule has 0 radical (unpaired) electrons. The predicted molar refractivity (Wildman–Crippen MR) is 148 cm³/mol. The van der Waals surface area contributed by atoms with Crippen molar-refractivity contribution < 1.29 is 13.0 Å². The summed E-state index contributed by atoms with van der Waals surface area (Å²) in [5, 5.41) is 3.89. The standard InChI is InChI=1S/C29H34N6O2/c1-30-23-12-16-35(27(36)17-23)26-9-13-31-28-25(26)18-24(33(28)4)19-34-14-10-21(11-15-34)20-5-7-22(8-6-20)29(37)32(2)3/h5-9,12-13,16-18,21,30H,10-11,14-15,19H2,1-4H3/i2D3,3D3. The number of benzene rings is 1. The average molecular weight is 505 g/mol. The number of aromatic nitrogens is 3. The predicted octanol–water partition coefficient (Wildman–Crippen LogP) is 3.85. The number of nitrogens with one attached hydrogen (secondary N) is 1. The van der Waals surface area contributed by atoms with Crippen LogP contribution in [0.25, 0.3) is 16.7 Å². The molecule has 1 aliphatic heterocycles. The maximum absolute atomic E-state index is 12.8. The maximum Gasteiger partial charge on any atom is 0.257 e. The topological polar surface area (TPSA) is 75.4 Å². The van der Waals surface area contributed by atoms with Gasteiger partial charge in [-0.15, -0.1) is 0 Å². The normalized spacial score (nSPS) is 17.8. The van der Waals surface area contributed by atoms with Crippen molar-refractivity contribution in [1.29, 1.82) is 0 Å². The fourth-order valence-electron chi connectivity index (χ4n) is 5.13. The van der Waals surface area contributed by atoms with Gasteiger partial charge in [0.25, 0.3) is 11.5 Å². The highest BCUT2D eigenvalue weighted by Crippen LogP contribution is 2.30. The number of carbonyl (C=O) groups excluding carboxylic acids is 1. The van der Waals surface area contributed by atoms with Crippen molar-refractivity contribution in [2.75, 3.05) is 39.4 Å². The SMILES string of the molecule is [2H]C([2H])([2H])N(C(=O)c1ccc(C2CCN(Cc3cc4c(-n5ccc(NC)cc5=O)ccnc4n3C)CC2)cc1)C([2H])([2H])[2H]. The molecule has 4 aromatic rings. The zero-order valence-corrected chi connectivity index (χ0v) is 20.9. The van der Waals surface area contributed by atoms with E-state index >= 15 is 0 Å². The van der Waals surface area contributed by atoms with E-state index < -0.39 is 19.9 Å². The first-order valence-corrected chi connectivity index (χ1v) is 12.3. The van der Waals surface area contributed by atoms with Crippen LogP contribution in [0.2, 0.25) is 0 Å². The highest BCUT2D eigenvalue weighted by molar-refractivity contribution is 5.93.